The van der Waals surface area contributed by atoms with E-state index in [4.69, 9.17) is 9.26 Å². The van der Waals surface area contributed by atoms with Gasteiger partial charge < -0.3 is 14.2 Å². The summed E-state index contributed by atoms with van der Waals surface area (Å²) in [7, 11) is 1.53. The highest BCUT2D eigenvalue weighted by Crippen LogP contribution is 2.41. The van der Waals surface area contributed by atoms with E-state index >= 15 is 0 Å². The largest absolute Gasteiger partial charge is 0.384 e. The van der Waals surface area contributed by atoms with Gasteiger partial charge in [-0.1, -0.05) is 5.16 Å². The fourth-order valence-corrected chi connectivity index (χ4v) is 2.48. The lowest BCUT2D eigenvalue weighted by Gasteiger charge is -2.20. The van der Waals surface area contributed by atoms with E-state index in [0.29, 0.717) is 18.9 Å². The minimum absolute atomic E-state index is 0.00106. The number of nitrogens with zero attached hydrogens (tertiary/aromatic N) is 4. The highest BCUT2D eigenvalue weighted by atomic mass is 19.3. The molecule has 1 aliphatic rings. The number of hydrogen-bond donors (Lipinski definition) is 1. The second-order valence-corrected chi connectivity index (χ2v) is 5.27. The molecule has 0 saturated carbocycles. The normalized spacial score (nSPS) is 20.1. The monoisotopic (exact) mass is 327 g/mol. The van der Waals surface area contributed by atoms with Crippen molar-refractivity contribution < 1.29 is 22.8 Å². The summed E-state index contributed by atoms with van der Waals surface area (Å²) < 4.78 is 37.6. The van der Waals surface area contributed by atoms with Gasteiger partial charge in [-0.2, -0.15) is 10.1 Å². The van der Waals surface area contributed by atoms with E-state index in [1.54, 1.807) is 0 Å². The molecule has 0 bridgehead atoms. The van der Waals surface area contributed by atoms with Gasteiger partial charge in [0.05, 0.1) is 13.2 Å². The van der Waals surface area contributed by atoms with E-state index in [-0.39, 0.29) is 11.6 Å². The van der Waals surface area contributed by atoms with Crippen molar-refractivity contribution in [2.24, 2.45) is 0 Å². The summed E-state index contributed by atoms with van der Waals surface area (Å²) in [4.78, 5) is 17.5. The van der Waals surface area contributed by atoms with Crippen molar-refractivity contribution in [3.63, 3.8) is 0 Å². The van der Waals surface area contributed by atoms with Gasteiger partial charge in [-0.25, -0.2) is 8.78 Å². The number of methoxy groups -OCH3 is 1. The molecule has 3 heterocycles. The maximum absolute atomic E-state index is 13.8. The standard InChI is InChI=1S/C13H15F2N5O3/c1-22-5-3-10-17-11(23-19-10)9-6-13(14,15)7-20(9)12(21)8-2-4-16-18-8/h2,4,9H,3,5-7H2,1H3,(H,16,18)/t9-/m0/s1. The summed E-state index contributed by atoms with van der Waals surface area (Å²) in [5.74, 6) is -3.24. The summed E-state index contributed by atoms with van der Waals surface area (Å²) in [6.07, 6.45) is 1.22. The summed E-state index contributed by atoms with van der Waals surface area (Å²) in [5, 5.41) is 9.87. The smallest absolute Gasteiger partial charge is 0.272 e. The van der Waals surface area contributed by atoms with Crippen LogP contribution in [0, 0.1) is 0 Å². The third kappa shape index (κ3) is 3.21. The van der Waals surface area contributed by atoms with Gasteiger partial charge in [0.1, 0.15) is 11.7 Å². The molecule has 23 heavy (non-hydrogen) atoms. The predicted molar refractivity (Wildman–Crippen MR) is 71.8 cm³/mol. The van der Waals surface area contributed by atoms with Gasteiger partial charge in [0, 0.05) is 26.1 Å². The molecule has 1 saturated heterocycles. The number of rotatable bonds is 5. The fraction of sp³-hybridized carbons (Fsp3) is 0.538. The molecule has 1 aliphatic heterocycles. The van der Waals surface area contributed by atoms with Crippen molar-refractivity contribution in [3.05, 3.63) is 29.7 Å². The third-order valence-corrected chi connectivity index (χ3v) is 3.56. The van der Waals surface area contributed by atoms with Crippen molar-refractivity contribution in [3.8, 4) is 0 Å². The number of carbonyl (C=O) groups excluding carboxylic acids is 1. The molecule has 1 N–H and O–H groups in total. The van der Waals surface area contributed by atoms with Crippen LogP contribution in [-0.2, 0) is 11.2 Å². The first-order valence-electron chi connectivity index (χ1n) is 7.00. The molecule has 0 spiro atoms. The average molecular weight is 327 g/mol. The summed E-state index contributed by atoms with van der Waals surface area (Å²) in [5.41, 5.74) is 0.131. The Labute approximate surface area is 129 Å². The minimum Gasteiger partial charge on any atom is -0.384 e. The van der Waals surface area contributed by atoms with Gasteiger partial charge in [-0.15, -0.1) is 0 Å². The number of nitrogens with one attached hydrogen (secondary N) is 1. The molecular formula is C13H15F2N5O3. The SMILES string of the molecule is COCCc1noc([C@@H]2CC(F)(F)CN2C(=O)c2ccn[nH]2)n1. The van der Waals surface area contributed by atoms with E-state index in [1.165, 1.54) is 19.4 Å². The van der Waals surface area contributed by atoms with Crippen molar-refractivity contribution >= 4 is 5.91 Å². The lowest BCUT2D eigenvalue weighted by molar-refractivity contribution is 0.0116. The number of aromatic nitrogens is 4. The average Bonchev–Trinajstić information content (AvgIpc) is 3.23. The second-order valence-electron chi connectivity index (χ2n) is 5.27. The van der Waals surface area contributed by atoms with Gasteiger partial charge in [0.2, 0.25) is 5.89 Å². The van der Waals surface area contributed by atoms with E-state index in [2.05, 4.69) is 20.3 Å². The summed E-state index contributed by atoms with van der Waals surface area (Å²) in [6.45, 7) is -0.318. The Kier molecular flexibility index (Phi) is 4.07. The Hall–Kier alpha value is -2.36. The molecule has 1 atom stereocenters. The van der Waals surface area contributed by atoms with Gasteiger partial charge in [-0.05, 0) is 6.07 Å². The van der Waals surface area contributed by atoms with Crippen LogP contribution in [0.3, 0.4) is 0 Å². The zero-order valence-corrected chi connectivity index (χ0v) is 12.3. The Morgan fingerprint density at radius 2 is 2.43 bits per heavy atom. The number of halogens is 2. The molecule has 0 aromatic carbocycles. The van der Waals surface area contributed by atoms with Crippen LogP contribution in [0.2, 0.25) is 0 Å². The van der Waals surface area contributed by atoms with Gasteiger partial charge in [-0.3, -0.25) is 9.89 Å². The Balaban J connectivity index is 1.83. The van der Waals surface area contributed by atoms with Crippen LogP contribution in [0.5, 0.6) is 0 Å². The number of hydrogen-bond acceptors (Lipinski definition) is 6. The minimum atomic E-state index is -3.01. The second kappa shape index (κ2) is 6.03. The van der Waals surface area contributed by atoms with Gasteiger partial charge >= 0.3 is 0 Å². The Morgan fingerprint density at radius 3 is 3.13 bits per heavy atom. The van der Waals surface area contributed by atoms with Crippen molar-refractivity contribution in [2.75, 3.05) is 20.3 Å². The number of H-pyrrole nitrogens is 1. The van der Waals surface area contributed by atoms with E-state index < -0.39 is 30.8 Å². The molecule has 0 aliphatic carbocycles. The number of alkyl halides is 2. The fourth-order valence-electron chi connectivity index (χ4n) is 2.48. The van der Waals surface area contributed by atoms with Crippen molar-refractivity contribution in [1.82, 2.24) is 25.2 Å². The molecule has 0 unspecified atom stereocenters. The van der Waals surface area contributed by atoms with Crippen molar-refractivity contribution in [2.45, 2.75) is 24.8 Å². The van der Waals surface area contributed by atoms with Gasteiger partial charge in [0.25, 0.3) is 11.8 Å². The van der Waals surface area contributed by atoms with Crippen LogP contribution < -0.4 is 0 Å². The van der Waals surface area contributed by atoms with Crippen LogP contribution in [0.1, 0.15) is 34.7 Å². The van der Waals surface area contributed by atoms with Crippen LogP contribution >= 0.6 is 0 Å². The molecule has 10 heteroatoms. The lowest BCUT2D eigenvalue weighted by Crippen LogP contribution is -2.33. The molecule has 1 amide bonds. The van der Waals surface area contributed by atoms with Crippen LogP contribution in [-0.4, -0.2) is 57.3 Å². The Bertz CT molecular complexity index is 673. The van der Waals surface area contributed by atoms with E-state index in [0.717, 1.165) is 4.90 Å². The molecule has 8 nitrogen and oxygen atoms in total. The Morgan fingerprint density at radius 1 is 1.61 bits per heavy atom. The zero-order chi connectivity index (χ0) is 16.4. The highest BCUT2D eigenvalue weighted by molar-refractivity contribution is 5.92. The maximum atomic E-state index is 13.8. The summed E-state index contributed by atoms with van der Waals surface area (Å²) in [6, 6.07) is 0.456. The topological polar surface area (TPSA) is 97.1 Å². The molecular weight excluding hydrogens is 312 g/mol. The number of carbonyl (C=O) groups is 1. The zero-order valence-electron chi connectivity index (χ0n) is 12.3. The first kappa shape index (κ1) is 15.5. The van der Waals surface area contributed by atoms with Crippen molar-refractivity contribution in [1.29, 1.82) is 0 Å². The number of ether oxygens (including phenoxy) is 1. The number of aromatic amines is 1. The summed E-state index contributed by atoms with van der Waals surface area (Å²) >= 11 is 0. The molecule has 2 aromatic heterocycles. The molecule has 0 radical (unpaired) electrons. The number of amides is 1. The van der Waals surface area contributed by atoms with E-state index in [1.807, 2.05) is 0 Å². The predicted octanol–water partition coefficient (Wildman–Crippen LogP) is 1.20. The molecule has 124 valence electrons. The maximum Gasteiger partial charge on any atom is 0.272 e. The third-order valence-electron chi connectivity index (χ3n) is 3.56. The first-order valence-corrected chi connectivity index (χ1v) is 7.00. The molecule has 2 aromatic rings. The van der Waals surface area contributed by atoms with Crippen LogP contribution in [0.25, 0.3) is 0 Å². The van der Waals surface area contributed by atoms with Crippen LogP contribution in [0.4, 0.5) is 8.78 Å². The first-order chi connectivity index (χ1) is 11.0. The highest BCUT2D eigenvalue weighted by Gasteiger charge is 2.50. The van der Waals surface area contributed by atoms with E-state index in [9.17, 15) is 13.6 Å². The van der Waals surface area contributed by atoms with Gasteiger partial charge in [0.15, 0.2) is 5.82 Å². The van der Waals surface area contributed by atoms with Crippen LogP contribution in [0.15, 0.2) is 16.8 Å². The quantitative estimate of drug-likeness (QED) is 0.886. The molecule has 3 rings (SSSR count). The number of likely N-dealkylation sites (tertiary alicyclic amines) is 1. The molecule has 1 fully saturated rings. The lowest BCUT2D eigenvalue weighted by atomic mass is 10.2.